The minimum absolute atomic E-state index is 0.592. The molecule has 0 fully saturated rings. The van der Waals surface area contributed by atoms with Crippen LogP contribution in [0.3, 0.4) is 0 Å². The van der Waals surface area contributed by atoms with Crippen molar-refractivity contribution in [1.82, 2.24) is 0 Å². The molecule has 0 heterocycles. The largest absolute Gasteiger partial charge is 0.374 e. The Morgan fingerprint density at radius 3 is 2.62 bits per heavy atom. The molecular formula is C13H21BrN2. The third kappa shape index (κ3) is 3.80. The first-order valence-corrected chi connectivity index (χ1v) is 6.53. The molecule has 0 aliphatic carbocycles. The van der Waals surface area contributed by atoms with Crippen molar-refractivity contribution in [3.05, 3.63) is 28.2 Å². The van der Waals surface area contributed by atoms with E-state index >= 15 is 0 Å². The molecule has 3 heteroatoms. The van der Waals surface area contributed by atoms with E-state index in [2.05, 4.69) is 53.9 Å². The molecule has 0 saturated heterocycles. The highest BCUT2D eigenvalue weighted by molar-refractivity contribution is 9.10. The van der Waals surface area contributed by atoms with Crippen molar-refractivity contribution in [2.24, 2.45) is 11.7 Å². The standard InChI is InChI=1S/C13H21BrN2/c1-10(2)6-7-16(3)13-8-12(14)5-4-11(13)9-15/h4-5,8,10H,6-7,9,15H2,1-3H3. The normalized spacial score (nSPS) is 10.9. The Morgan fingerprint density at radius 1 is 1.38 bits per heavy atom. The molecule has 0 bridgehead atoms. The molecule has 0 aliphatic heterocycles. The van der Waals surface area contributed by atoms with E-state index in [9.17, 15) is 0 Å². The van der Waals surface area contributed by atoms with Gasteiger partial charge in [0, 0.05) is 30.3 Å². The molecule has 0 unspecified atom stereocenters. The predicted molar refractivity (Wildman–Crippen MR) is 74.8 cm³/mol. The molecule has 90 valence electrons. The zero-order valence-electron chi connectivity index (χ0n) is 10.3. The van der Waals surface area contributed by atoms with Gasteiger partial charge in [-0.1, -0.05) is 35.8 Å². The Kier molecular flexibility index (Phi) is 5.29. The van der Waals surface area contributed by atoms with Crippen molar-refractivity contribution in [3.63, 3.8) is 0 Å². The first kappa shape index (κ1) is 13.5. The van der Waals surface area contributed by atoms with Crippen molar-refractivity contribution >= 4 is 21.6 Å². The molecule has 0 saturated carbocycles. The van der Waals surface area contributed by atoms with Gasteiger partial charge in [0.05, 0.1) is 0 Å². The van der Waals surface area contributed by atoms with Gasteiger partial charge in [-0.15, -0.1) is 0 Å². The first-order chi connectivity index (χ1) is 7.54. The van der Waals surface area contributed by atoms with Crippen LogP contribution in [0.15, 0.2) is 22.7 Å². The van der Waals surface area contributed by atoms with Crippen molar-refractivity contribution in [3.8, 4) is 0 Å². The number of benzene rings is 1. The summed E-state index contributed by atoms with van der Waals surface area (Å²) in [7, 11) is 2.13. The van der Waals surface area contributed by atoms with Gasteiger partial charge < -0.3 is 10.6 Å². The number of hydrogen-bond donors (Lipinski definition) is 1. The maximum absolute atomic E-state index is 5.75. The zero-order valence-corrected chi connectivity index (χ0v) is 11.9. The van der Waals surface area contributed by atoms with Gasteiger partial charge in [0.15, 0.2) is 0 Å². The highest BCUT2D eigenvalue weighted by atomic mass is 79.9. The molecule has 0 aliphatic rings. The van der Waals surface area contributed by atoms with Gasteiger partial charge in [0.25, 0.3) is 0 Å². The van der Waals surface area contributed by atoms with Crippen LogP contribution in [0.1, 0.15) is 25.8 Å². The Balaban J connectivity index is 2.80. The average Bonchev–Trinajstić information content (AvgIpc) is 2.25. The van der Waals surface area contributed by atoms with Crippen LogP contribution in [0, 0.1) is 5.92 Å². The molecule has 1 rings (SSSR count). The summed E-state index contributed by atoms with van der Waals surface area (Å²) in [5.41, 5.74) is 8.19. The van der Waals surface area contributed by atoms with E-state index in [0.717, 1.165) is 16.9 Å². The summed E-state index contributed by atoms with van der Waals surface area (Å²) < 4.78 is 1.11. The van der Waals surface area contributed by atoms with Crippen molar-refractivity contribution < 1.29 is 0 Å². The fraction of sp³-hybridized carbons (Fsp3) is 0.538. The summed E-state index contributed by atoms with van der Waals surface area (Å²) in [6, 6.07) is 6.27. The van der Waals surface area contributed by atoms with E-state index in [0.29, 0.717) is 6.54 Å². The molecule has 0 radical (unpaired) electrons. The Hall–Kier alpha value is -0.540. The number of halogens is 1. The summed E-state index contributed by atoms with van der Waals surface area (Å²) in [5, 5.41) is 0. The van der Waals surface area contributed by atoms with Crippen LogP contribution in [-0.2, 0) is 6.54 Å². The molecule has 1 aromatic carbocycles. The first-order valence-electron chi connectivity index (χ1n) is 5.74. The average molecular weight is 285 g/mol. The summed E-state index contributed by atoms with van der Waals surface area (Å²) in [4.78, 5) is 2.28. The van der Waals surface area contributed by atoms with E-state index in [1.54, 1.807) is 0 Å². The number of nitrogens with two attached hydrogens (primary N) is 1. The predicted octanol–water partition coefficient (Wildman–Crippen LogP) is 3.39. The molecule has 1 aromatic rings. The maximum Gasteiger partial charge on any atom is 0.0420 e. The zero-order chi connectivity index (χ0) is 12.1. The molecule has 2 nitrogen and oxygen atoms in total. The van der Waals surface area contributed by atoms with Gasteiger partial charge in [-0.2, -0.15) is 0 Å². The quantitative estimate of drug-likeness (QED) is 0.898. The molecule has 0 atom stereocenters. The molecule has 16 heavy (non-hydrogen) atoms. The molecule has 0 amide bonds. The molecule has 2 N–H and O–H groups in total. The monoisotopic (exact) mass is 284 g/mol. The minimum atomic E-state index is 0.592. The van der Waals surface area contributed by atoms with Crippen LogP contribution in [0.5, 0.6) is 0 Å². The minimum Gasteiger partial charge on any atom is -0.374 e. The highest BCUT2D eigenvalue weighted by Gasteiger charge is 2.07. The van der Waals surface area contributed by atoms with E-state index < -0.39 is 0 Å². The van der Waals surface area contributed by atoms with Gasteiger partial charge in [-0.25, -0.2) is 0 Å². The third-order valence-electron chi connectivity index (χ3n) is 2.72. The van der Waals surface area contributed by atoms with Crippen molar-refractivity contribution in [2.75, 3.05) is 18.5 Å². The second-order valence-corrected chi connectivity index (χ2v) is 5.50. The number of hydrogen-bond acceptors (Lipinski definition) is 2. The Morgan fingerprint density at radius 2 is 2.06 bits per heavy atom. The van der Waals surface area contributed by atoms with Gasteiger partial charge in [0.2, 0.25) is 0 Å². The maximum atomic E-state index is 5.75. The van der Waals surface area contributed by atoms with Crippen LogP contribution in [0.2, 0.25) is 0 Å². The number of anilines is 1. The summed E-state index contributed by atoms with van der Waals surface area (Å²) in [6.45, 7) is 6.16. The van der Waals surface area contributed by atoms with Crippen LogP contribution in [0.4, 0.5) is 5.69 Å². The van der Waals surface area contributed by atoms with Crippen molar-refractivity contribution in [1.29, 1.82) is 0 Å². The van der Waals surface area contributed by atoms with Gasteiger partial charge in [0.1, 0.15) is 0 Å². The summed E-state index contributed by atoms with van der Waals surface area (Å²) >= 11 is 3.51. The van der Waals surface area contributed by atoms with E-state index in [4.69, 9.17) is 5.73 Å². The third-order valence-corrected chi connectivity index (χ3v) is 3.21. The topological polar surface area (TPSA) is 29.3 Å². The fourth-order valence-electron chi connectivity index (χ4n) is 1.64. The summed E-state index contributed by atoms with van der Waals surface area (Å²) in [6.07, 6.45) is 1.20. The lowest BCUT2D eigenvalue weighted by atomic mass is 10.1. The van der Waals surface area contributed by atoms with Crippen LogP contribution in [-0.4, -0.2) is 13.6 Å². The Bertz CT molecular complexity index is 337. The Labute approximate surface area is 107 Å². The van der Waals surface area contributed by atoms with Crippen LogP contribution >= 0.6 is 15.9 Å². The lowest BCUT2D eigenvalue weighted by Gasteiger charge is -2.23. The number of nitrogens with zero attached hydrogens (tertiary/aromatic N) is 1. The lowest BCUT2D eigenvalue weighted by molar-refractivity contribution is 0.584. The molecular weight excluding hydrogens is 264 g/mol. The SMILES string of the molecule is CC(C)CCN(C)c1cc(Br)ccc1CN. The van der Waals surface area contributed by atoms with Crippen molar-refractivity contribution in [2.45, 2.75) is 26.8 Å². The highest BCUT2D eigenvalue weighted by Crippen LogP contribution is 2.24. The number of rotatable bonds is 5. The van der Waals surface area contributed by atoms with Crippen LogP contribution in [0.25, 0.3) is 0 Å². The lowest BCUT2D eigenvalue weighted by Crippen LogP contribution is -2.21. The van der Waals surface area contributed by atoms with Gasteiger partial charge >= 0.3 is 0 Å². The summed E-state index contributed by atoms with van der Waals surface area (Å²) in [5.74, 6) is 0.732. The fourth-order valence-corrected chi connectivity index (χ4v) is 1.99. The van der Waals surface area contributed by atoms with Gasteiger partial charge in [-0.3, -0.25) is 0 Å². The van der Waals surface area contributed by atoms with E-state index in [1.807, 2.05) is 6.07 Å². The second-order valence-electron chi connectivity index (χ2n) is 4.58. The smallest absolute Gasteiger partial charge is 0.0420 e. The molecule has 0 aromatic heterocycles. The second kappa shape index (κ2) is 6.26. The molecule has 0 spiro atoms. The van der Waals surface area contributed by atoms with E-state index in [1.165, 1.54) is 17.7 Å². The van der Waals surface area contributed by atoms with Gasteiger partial charge in [-0.05, 0) is 30.0 Å². The van der Waals surface area contributed by atoms with Crippen LogP contribution < -0.4 is 10.6 Å². The van der Waals surface area contributed by atoms with E-state index in [-0.39, 0.29) is 0 Å².